The predicted octanol–water partition coefficient (Wildman–Crippen LogP) is 1.37. The first-order valence-electron chi connectivity index (χ1n) is 10.9. The summed E-state index contributed by atoms with van der Waals surface area (Å²) >= 11 is 0. The fraction of sp³-hybridized carbons (Fsp3) is 0.375. The van der Waals surface area contributed by atoms with Gasteiger partial charge in [-0.3, -0.25) is 14.4 Å². The van der Waals surface area contributed by atoms with Crippen molar-refractivity contribution in [2.24, 2.45) is 0 Å². The van der Waals surface area contributed by atoms with E-state index in [1.54, 1.807) is 29.2 Å². The average molecular weight is 437 g/mol. The third-order valence-corrected chi connectivity index (χ3v) is 6.05. The van der Waals surface area contributed by atoms with Gasteiger partial charge >= 0.3 is 0 Å². The van der Waals surface area contributed by atoms with E-state index in [-0.39, 0.29) is 24.1 Å². The lowest BCUT2D eigenvalue weighted by Gasteiger charge is -2.39. The van der Waals surface area contributed by atoms with Crippen LogP contribution in [0.15, 0.2) is 54.6 Å². The molecule has 3 amide bonds. The quantitative estimate of drug-likeness (QED) is 0.766. The number of hydrogen-bond donors (Lipinski definition) is 1. The standard InChI is InChI=1S/C24H28N4O4/c1-32-21-10-6-5-9-19(21)24(31)28-12-11-25-23(30)20(28)17-22(29)27-15-13-26(14-16-27)18-7-3-2-4-8-18/h2-10,20H,11-17H2,1H3,(H,25,30)/t20-/m0/s1. The van der Waals surface area contributed by atoms with Crippen LogP contribution in [0, 0.1) is 0 Å². The van der Waals surface area contributed by atoms with Crippen molar-refractivity contribution < 1.29 is 19.1 Å². The lowest BCUT2D eigenvalue weighted by atomic mass is 10.0. The van der Waals surface area contributed by atoms with Crippen molar-refractivity contribution in [3.05, 3.63) is 60.2 Å². The van der Waals surface area contributed by atoms with E-state index < -0.39 is 6.04 Å². The van der Waals surface area contributed by atoms with Crippen molar-refractivity contribution in [3.63, 3.8) is 0 Å². The van der Waals surface area contributed by atoms with Crippen molar-refractivity contribution in [1.82, 2.24) is 15.1 Å². The number of carbonyl (C=O) groups excluding carboxylic acids is 3. The largest absolute Gasteiger partial charge is 0.496 e. The minimum Gasteiger partial charge on any atom is -0.496 e. The zero-order valence-corrected chi connectivity index (χ0v) is 18.2. The Hall–Kier alpha value is -3.55. The van der Waals surface area contributed by atoms with Crippen LogP contribution in [-0.2, 0) is 9.59 Å². The Morgan fingerprint density at radius 1 is 0.969 bits per heavy atom. The molecule has 4 rings (SSSR count). The van der Waals surface area contributed by atoms with Gasteiger partial charge in [0.1, 0.15) is 11.8 Å². The van der Waals surface area contributed by atoms with Gasteiger partial charge in [-0.1, -0.05) is 30.3 Å². The first-order chi connectivity index (χ1) is 15.6. The van der Waals surface area contributed by atoms with Gasteiger partial charge in [0.15, 0.2) is 0 Å². The highest BCUT2D eigenvalue weighted by Crippen LogP contribution is 2.23. The van der Waals surface area contributed by atoms with E-state index in [1.165, 1.54) is 12.0 Å². The minimum atomic E-state index is -0.833. The van der Waals surface area contributed by atoms with Crippen LogP contribution in [0.4, 0.5) is 5.69 Å². The molecule has 0 saturated carbocycles. The summed E-state index contributed by atoms with van der Waals surface area (Å²) in [6, 6.07) is 16.2. The molecule has 2 saturated heterocycles. The average Bonchev–Trinajstić information content (AvgIpc) is 2.85. The highest BCUT2D eigenvalue weighted by atomic mass is 16.5. The van der Waals surface area contributed by atoms with Gasteiger partial charge in [0, 0.05) is 45.0 Å². The van der Waals surface area contributed by atoms with Gasteiger partial charge in [-0.25, -0.2) is 0 Å². The van der Waals surface area contributed by atoms with E-state index in [1.807, 2.05) is 18.2 Å². The summed E-state index contributed by atoms with van der Waals surface area (Å²) in [6.45, 7) is 3.35. The van der Waals surface area contributed by atoms with Crippen LogP contribution in [0.3, 0.4) is 0 Å². The molecule has 8 heteroatoms. The van der Waals surface area contributed by atoms with Crippen molar-refractivity contribution >= 4 is 23.4 Å². The molecule has 2 heterocycles. The van der Waals surface area contributed by atoms with Gasteiger partial charge < -0.3 is 24.8 Å². The number of nitrogens with zero attached hydrogens (tertiary/aromatic N) is 3. The van der Waals surface area contributed by atoms with E-state index in [0.29, 0.717) is 37.5 Å². The minimum absolute atomic E-state index is 0.0297. The Kier molecular flexibility index (Phi) is 6.58. The second-order valence-electron chi connectivity index (χ2n) is 7.91. The van der Waals surface area contributed by atoms with Crippen molar-refractivity contribution in [2.45, 2.75) is 12.5 Å². The number of anilines is 1. The number of piperazine rings is 2. The molecule has 0 radical (unpaired) electrons. The molecular formula is C24H28N4O4. The molecule has 0 unspecified atom stereocenters. The van der Waals surface area contributed by atoms with E-state index in [4.69, 9.17) is 4.74 Å². The molecule has 8 nitrogen and oxygen atoms in total. The second kappa shape index (κ2) is 9.72. The van der Waals surface area contributed by atoms with E-state index >= 15 is 0 Å². The van der Waals surface area contributed by atoms with Crippen molar-refractivity contribution in [3.8, 4) is 5.75 Å². The summed E-state index contributed by atoms with van der Waals surface area (Å²) in [6.07, 6.45) is -0.0297. The lowest BCUT2D eigenvalue weighted by molar-refractivity contribution is -0.138. The predicted molar refractivity (Wildman–Crippen MR) is 121 cm³/mol. The van der Waals surface area contributed by atoms with Crippen LogP contribution in [0.25, 0.3) is 0 Å². The van der Waals surface area contributed by atoms with Gasteiger partial charge in [-0.2, -0.15) is 0 Å². The molecule has 2 aromatic carbocycles. The Balaban J connectivity index is 1.42. The third-order valence-electron chi connectivity index (χ3n) is 6.05. The number of para-hydroxylation sites is 2. The van der Waals surface area contributed by atoms with Gasteiger partial charge in [-0.15, -0.1) is 0 Å². The van der Waals surface area contributed by atoms with Crippen LogP contribution < -0.4 is 15.0 Å². The highest BCUT2D eigenvalue weighted by Gasteiger charge is 2.37. The summed E-state index contributed by atoms with van der Waals surface area (Å²) in [4.78, 5) is 44.4. The van der Waals surface area contributed by atoms with Crippen molar-refractivity contribution in [2.75, 3.05) is 51.3 Å². The monoisotopic (exact) mass is 436 g/mol. The number of nitrogens with one attached hydrogen (secondary N) is 1. The molecule has 1 atom stereocenters. The van der Waals surface area contributed by atoms with E-state index in [0.717, 1.165) is 18.8 Å². The number of amides is 3. The van der Waals surface area contributed by atoms with Crippen LogP contribution >= 0.6 is 0 Å². The van der Waals surface area contributed by atoms with E-state index in [9.17, 15) is 14.4 Å². The summed E-state index contributed by atoms with van der Waals surface area (Å²) in [5, 5.41) is 2.79. The Morgan fingerprint density at radius 2 is 1.66 bits per heavy atom. The first kappa shape index (κ1) is 21.7. The fourth-order valence-electron chi connectivity index (χ4n) is 4.28. The summed E-state index contributed by atoms with van der Waals surface area (Å²) in [7, 11) is 1.51. The first-order valence-corrected chi connectivity index (χ1v) is 10.9. The lowest BCUT2D eigenvalue weighted by Crippen LogP contribution is -2.59. The maximum Gasteiger partial charge on any atom is 0.258 e. The molecule has 1 N–H and O–H groups in total. The number of ether oxygens (including phenoxy) is 1. The van der Waals surface area contributed by atoms with Crippen LogP contribution in [0.1, 0.15) is 16.8 Å². The molecule has 2 aliphatic rings. The van der Waals surface area contributed by atoms with Gasteiger partial charge in [0.05, 0.1) is 19.1 Å². The molecule has 0 aromatic heterocycles. The SMILES string of the molecule is COc1ccccc1C(=O)N1CCNC(=O)[C@@H]1CC(=O)N1CCN(c2ccccc2)CC1. The Morgan fingerprint density at radius 3 is 2.38 bits per heavy atom. The molecule has 168 valence electrons. The Labute approximate surface area is 187 Å². The second-order valence-corrected chi connectivity index (χ2v) is 7.91. The van der Waals surface area contributed by atoms with Gasteiger partial charge in [-0.05, 0) is 24.3 Å². The number of hydrogen-bond acceptors (Lipinski definition) is 5. The molecule has 32 heavy (non-hydrogen) atoms. The number of carbonyl (C=O) groups is 3. The Bertz CT molecular complexity index is 973. The summed E-state index contributed by atoms with van der Waals surface area (Å²) in [5.41, 5.74) is 1.53. The molecule has 2 aliphatic heterocycles. The van der Waals surface area contributed by atoms with Crippen molar-refractivity contribution in [1.29, 1.82) is 0 Å². The molecule has 2 aromatic rings. The molecule has 2 fully saturated rings. The van der Waals surface area contributed by atoms with Crippen LogP contribution in [-0.4, -0.2) is 79.9 Å². The summed E-state index contributed by atoms with van der Waals surface area (Å²) in [5.74, 6) is -0.261. The van der Waals surface area contributed by atoms with Gasteiger partial charge in [0.2, 0.25) is 11.8 Å². The summed E-state index contributed by atoms with van der Waals surface area (Å²) < 4.78 is 5.31. The fourth-order valence-corrected chi connectivity index (χ4v) is 4.28. The van der Waals surface area contributed by atoms with Gasteiger partial charge in [0.25, 0.3) is 5.91 Å². The topological polar surface area (TPSA) is 82.2 Å². The zero-order chi connectivity index (χ0) is 22.5. The normalized spacial score (nSPS) is 18.8. The van der Waals surface area contributed by atoms with E-state index in [2.05, 4.69) is 22.3 Å². The van der Waals surface area contributed by atoms with Crippen LogP contribution in [0.2, 0.25) is 0 Å². The molecule has 0 aliphatic carbocycles. The highest BCUT2D eigenvalue weighted by molar-refractivity contribution is 6.01. The maximum atomic E-state index is 13.2. The maximum absolute atomic E-state index is 13.2. The molecule has 0 bridgehead atoms. The number of methoxy groups -OCH3 is 1. The molecular weight excluding hydrogens is 408 g/mol. The van der Waals surface area contributed by atoms with Crippen LogP contribution in [0.5, 0.6) is 5.75 Å². The molecule has 0 spiro atoms. The zero-order valence-electron chi connectivity index (χ0n) is 18.2. The third kappa shape index (κ3) is 4.54. The smallest absolute Gasteiger partial charge is 0.258 e. The number of benzene rings is 2. The number of rotatable bonds is 5.